The molecule has 0 aromatic heterocycles. The van der Waals surface area contributed by atoms with Crippen LogP contribution in [0, 0.1) is 5.92 Å². The second kappa shape index (κ2) is 5.08. The maximum absolute atomic E-state index is 11.0. The summed E-state index contributed by atoms with van der Waals surface area (Å²) >= 11 is 0. The van der Waals surface area contributed by atoms with Crippen molar-refractivity contribution in [3.05, 3.63) is 35.9 Å². The summed E-state index contributed by atoms with van der Waals surface area (Å²) in [5, 5.41) is 22.0. The zero-order chi connectivity index (χ0) is 13.2. The fourth-order valence-corrected chi connectivity index (χ4v) is 2.40. The van der Waals surface area contributed by atoms with Gasteiger partial charge in [-0.3, -0.25) is 4.79 Å². The van der Waals surface area contributed by atoms with Crippen LogP contribution in [0.2, 0.25) is 0 Å². The molecule has 0 amide bonds. The van der Waals surface area contributed by atoms with E-state index in [0.29, 0.717) is 6.42 Å². The first-order chi connectivity index (χ1) is 8.57. The third kappa shape index (κ3) is 2.40. The number of carboxylic acids is 1. The summed E-state index contributed by atoms with van der Waals surface area (Å²) in [5.74, 6) is -1.09. The number of aliphatic hydroxyl groups is 1. The Morgan fingerprint density at radius 2 is 2.06 bits per heavy atom. The molecule has 98 valence electrons. The molecular weight excluding hydrogens is 230 g/mol. The van der Waals surface area contributed by atoms with Crippen molar-refractivity contribution in [2.24, 2.45) is 5.92 Å². The predicted molar refractivity (Wildman–Crippen MR) is 68.2 cm³/mol. The van der Waals surface area contributed by atoms with Gasteiger partial charge in [0, 0.05) is 6.04 Å². The van der Waals surface area contributed by atoms with E-state index in [4.69, 9.17) is 5.11 Å². The third-order valence-electron chi connectivity index (χ3n) is 3.82. The molecule has 3 atom stereocenters. The number of aliphatic hydroxyl groups excluding tert-OH is 1. The average Bonchev–Trinajstić information content (AvgIpc) is 2.35. The summed E-state index contributed by atoms with van der Waals surface area (Å²) in [6, 6.07) is 9.58. The van der Waals surface area contributed by atoms with E-state index in [1.165, 1.54) is 0 Å². The molecule has 0 heterocycles. The lowest BCUT2D eigenvalue weighted by atomic mass is 9.77. The summed E-state index contributed by atoms with van der Waals surface area (Å²) in [6.45, 7) is 1.85. The molecule has 3 unspecified atom stereocenters. The van der Waals surface area contributed by atoms with Crippen LogP contribution in [0.25, 0.3) is 0 Å². The van der Waals surface area contributed by atoms with Crippen molar-refractivity contribution in [1.29, 1.82) is 0 Å². The zero-order valence-electron chi connectivity index (χ0n) is 10.5. The van der Waals surface area contributed by atoms with Gasteiger partial charge in [0.05, 0.1) is 18.1 Å². The number of carboxylic acid groups (broad SMARTS) is 1. The van der Waals surface area contributed by atoms with Gasteiger partial charge < -0.3 is 15.5 Å². The lowest BCUT2D eigenvalue weighted by Gasteiger charge is -2.41. The van der Waals surface area contributed by atoms with Crippen molar-refractivity contribution >= 4 is 5.97 Å². The smallest absolute Gasteiger partial charge is 0.308 e. The molecule has 0 bridgehead atoms. The van der Waals surface area contributed by atoms with E-state index < -0.39 is 11.5 Å². The van der Waals surface area contributed by atoms with Crippen LogP contribution in [0.4, 0.5) is 0 Å². The molecule has 1 saturated carbocycles. The molecule has 1 fully saturated rings. The molecule has 0 aliphatic heterocycles. The van der Waals surface area contributed by atoms with Gasteiger partial charge in [-0.25, -0.2) is 0 Å². The van der Waals surface area contributed by atoms with Crippen LogP contribution in [-0.2, 0) is 10.3 Å². The van der Waals surface area contributed by atoms with E-state index >= 15 is 0 Å². The third-order valence-corrected chi connectivity index (χ3v) is 3.82. The Kier molecular flexibility index (Phi) is 3.68. The monoisotopic (exact) mass is 249 g/mol. The van der Waals surface area contributed by atoms with Crippen LogP contribution in [-0.4, -0.2) is 28.8 Å². The number of rotatable bonds is 5. The highest BCUT2D eigenvalue weighted by Gasteiger charge is 2.40. The average molecular weight is 249 g/mol. The van der Waals surface area contributed by atoms with E-state index in [-0.39, 0.29) is 18.6 Å². The molecule has 3 N–H and O–H groups in total. The summed E-state index contributed by atoms with van der Waals surface area (Å²) in [5.41, 5.74) is 0.392. The van der Waals surface area contributed by atoms with Gasteiger partial charge in [-0.1, -0.05) is 30.3 Å². The van der Waals surface area contributed by atoms with Gasteiger partial charge in [-0.2, -0.15) is 0 Å². The van der Waals surface area contributed by atoms with Crippen molar-refractivity contribution in [3.63, 3.8) is 0 Å². The second-order valence-electron chi connectivity index (χ2n) is 5.13. The van der Waals surface area contributed by atoms with Gasteiger partial charge in [-0.05, 0) is 25.3 Å². The molecule has 0 saturated heterocycles. The molecule has 1 aromatic rings. The Bertz CT molecular complexity index is 420. The first kappa shape index (κ1) is 13.1. The van der Waals surface area contributed by atoms with Crippen LogP contribution in [0.1, 0.15) is 25.3 Å². The van der Waals surface area contributed by atoms with E-state index in [2.05, 4.69) is 5.32 Å². The standard InChI is InChI=1S/C14H19NO3/c1-14(9-16,10-5-3-2-4-6-10)15-12-8-7-11(12)13(17)18/h2-6,11-12,15-16H,7-9H2,1H3,(H,17,18). The van der Waals surface area contributed by atoms with E-state index in [0.717, 1.165) is 12.0 Å². The summed E-state index contributed by atoms with van der Waals surface area (Å²) in [6.07, 6.45) is 1.56. The normalized spacial score (nSPS) is 26.1. The Hall–Kier alpha value is -1.39. The Balaban J connectivity index is 2.12. The van der Waals surface area contributed by atoms with Crippen LogP contribution in [0.3, 0.4) is 0 Å². The van der Waals surface area contributed by atoms with Gasteiger partial charge in [0.25, 0.3) is 0 Å². The molecule has 1 aliphatic carbocycles. The van der Waals surface area contributed by atoms with Gasteiger partial charge in [0.1, 0.15) is 0 Å². The Morgan fingerprint density at radius 1 is 1.39 bits per heavy atom. The molecule has 1 aromatic carbocycles. The lowest BCUT2D eigenvalue weighted by molar-refractivity contribution is -0.146. The van der Waals surface area contributed by atoms with Gasteiger partial charge in [-0.15, -0.1) is 0 Å². The lowest BCUT2D eigenvalue weighted by Crippen LogP contribution is -2.56. The van der Waals surface area contributed by atoms with Crippen molar-refractivity contribution < 1.29 is 15.0 Å². The zero-order valence-corrected chi connectivity index (χ0v) is 10.5. The van der Waals surface area contributed by atoms with Crippen molar-refractivity contribution in [2.75, 3.05) is 6.61 Å². The quantitative estimate of drug-likeness (QED) is 0.736. The number of carbonyl (C=O) groups is 1. The fourth-order valence-electron chi connectivity index (χ4n) is 2.40. The maximum Gasteiger partial charge on any atom is 0.308 e. The molecule has 1 aliphatic rings. The number of hydrogen-bond donors (Lipinski definition) is 3. The van der Waals surface area contributed by atoms with Gasteiger partial charge >= 0.3 is 5.97 Å². The minimum atomic E-state index is -0.757. The van der Waals surface area contributed by atoms with E-state index in [1.54, 1.807) is 0 Å². The maximum atomic E-state index is 11.0. The molecule has 4 heteroatoms. The fraction of sp³-hybridized carbons (Fsp3) is 0.500. The molecule has 4 nitrogen and oxygen atoms in total. The second-order valence-corrected chi connectivity index (χ2v) is 5.13. The summed E-state index contributed by atoms with van der Waals surface area (Å²) < 4.78 is 0. The molecule has 18 heavy (non-hydrogen) atoms. The molecule has 0 spiro atoms. The predicted octanol–water partition coefficient (Wildman–Crippen LogP) is 1.35. The van der Waals surface area contributed by atoms with E-state index in [9.17, 15) is 9.90 Å². The molecule has 0 radical (unpaired) electrons. The SMILES string of the molecule is CC(CO)(NC1CCC1C(=O)O)c1ccccc1. The van der Waals surface area contributed by atoms with Gasteiger partial charge in [0.15, 0.2) is 0 Å². The Morgan fingerprint density at radius 3 is 2.50 bits per heavy atom. The minimum absolute atomic E-state index is 0.0557. The number of nitrogens with one attached hydrogen (secondary N) is 1. The number of benzene rings is 1. The molecule has 2 rings (SSSR count). The summed E-state index contributed by atoms with van der Waals surface area (Å²) in [4.78, 5) is 11.0. The summed E-state index contributed by atoms with van der Waals surface area (Å²) in [7, 11) is 0. The number of hydrogen-bond acceptors (Lipinski definition) is 3. The van der Waals surface area contributed by atoms with Crippen LogP contribution < -0.4 is 5.32 Å². The number of aliphatic carboxylic acids is 1. The van der Waals surface area contributed by atoms with Crippen molar-refractivity contribution in [3.8, 4) is 0 Å². The highest BCUT2D eigenvalue weighted by molar-refractivity contribution is 5.72. The van der Waals surface area contributed by atoms with Crippen LogP contribution >= 0.6 is 0 Å². The Labute approximate surface area is 107 Å². The van der Waals surface area contributed by atoms with Gasteiger partial charge in [0.2, 0.25) is 0 Å². The van der Waals surface area contributed by atoms with Crippen LogP contribution in [0.5, 0.6) is 0 Å². The minimum Gasteiger partial charge on any atom is -0.481 e. The first-order valence-electron chi connectivity index (χ1n) is 6.24. The largest absolute Gasteiger partial charge is 0.481 e. The topological polar surface area (TPSA) is 69.6 Å². The van der Waals surface area contributed by atoms with Crippen molar-refractivity contribution in [1.82, 2.24) is 5.32 Å². The highest BCUT2D eigenvalue weighted by Crippen LogP contribution is 2.32. The first-order valence-corrected chi connectivity index (χ1v) is 6.24. The van der Waals surface area contributed by atoms with Crippen LogP contribution in [0.15, 0.2) is 30.3 Å². The van der Waals surface area contributed by atoms with Crippen molar-refractivity contribution in [2.45, 2.75) is 31.3 Å². The highest BCUT2D eigenvalue weighted by atomic mass is 16.4. The van der Waals surface area contributed by atoms with E-state index in [1.807, 2.05) is 37.3 Å². The molecular formula is C14H19NO3.